The van der Waals surface area contributed by atoms with Crippen molar-refractivity contribution < 1.29 is 62.2 Å². The lowest BCUT2D eigenvalue weighted by Gasteiger charge is -2.39. The second kappa shape index (κ2) is 7.53. The Hall–Kier alpha value is -2.50. The van der Waals surface area contributed by atoms with Crippen LogP contribution in [0.1, 0.15) is 26.7 Å². The maximum atomic E-state index is 13.2. The molecule has 32 heavy (non-hydrogen) atoms. The Kier molecular flexibility index (Phi) is 6.06. The minimum absolute atomic E-state index is 0.624. The number of amides is 2. The van der Waals surface area contributed by atoms with E-state index in [9.17, 15) is 52.8 Å². The zero-order chi connectivity index (χ0) is 25.0. The summed E-state index contributed by atoms with van der Waals surface area (Å²) >= 11 is 0. The van der Waals surface area contributed by atoms with Crippen LogP contribution < -0.4 is 0 Å². The Morgan fingerprint density at radius 3 is 1.22 bits per heavy atom. The quantitative estimate of drug-likeness (QED) is 0.408. The molecule has 0 spiro atoms. The molecule has 0 bridgehead atoms. The van der Waals surface area contributed by atoms with Crippen LogP contribution in [0.25, 0.3) is 0 Å². The maximum Gasteiger partial charge on any atom is 0.516 e. The van der Waals surface area contributed by atoms with Crippen molar-refractivity contribution in [2.45, 2.75) is 49.2 Å². The van der Waals surface area contributed by atoms with E-state index in [4.69, 9.17) is 9.47 Å². The first-order valence-electron chi connectivity index (χ1n) is 8.20. The van der Waals surface area contributed by atoms with Gasteiger partial charge in [-0.05, 0) is 26.0 Å². The Labute approximate surface area is 177 Å². The third-order valence-electron chi connectivity index (χ3n) is 4.31. The highest BCUT2D eigenvalue weighted by molar-refractivity contribution is 7.91. The van der Waals surface area contributed by atoms with Gasteiger partial charge in [-0.2, -0.15) is 51.8 Å². The molecule has 0 aromatic heterocycles. The molecule has 0 N–H and O–H groups in total. The molecule has 2 heterocycles. The fraction of sp³-hybridized carbons (Fsp3) is 0.571. The zero-order valence-electron chi connectivity index (χ0n) is 16.0. The molecule has 0 saturated carbocycles. The van der Waals surface area contributed by atoms with Crippen LogP contribution in [0.3, 0.4) is 0 Å². The highest BCUT2D eigenvalue weighted by Crippen LogP contribution is 2.40. The van der Waals surface area contributed by atoms with E-state index < -0.39 is 75.8 Å². The lowest BCUT2D eigenvalue weighted by atomic mass is 10.1. The molecular weight excluding hydrogens is 502 g/mol. The highest BCUT2D eigenvalue weighted by atomic mass is 32.2. The minimum Gasteiger partial charge on any atom is -0.475 e. The number of hydrogen-bond donors (Lipinski definition) is 0. The molecule has 2 aliphatic heterocycles. The average molecular weight is 516 g/mol. The number of ether oxygens (including phenoxy) is 2. The summed E-state index contributed by atoms with van der Waals surface area (Å²) in [5.41, 5.74) is -17.9. The van der Waals surface area contributed by atoms with Gasteiger partial charge in [0.2, 0.25) is 0 Å². The lowest BCUT2D eigenvalue weighted by molar-refractivity contribution is -0.164. The van der Waals surface area contributed by atoms with Crippen LogP contribution in [0.5, 0.6) is 0 Å². The normalized spacial score (nSPS) is 25.9. The number of rotatable bonds is 4. The van der Waals surface area contributed by atoms with Gasteiger partial charge in [0.25, 0.3) is 0 Å². The first kappa shape index (κ1) is 25.8. The van der Waals surface area contributed by atoms with Gasteiger partial charge in [0.1, 0.15) is 0 Å². The third-order valence-corrected chi connectivity index (χ3v) is 7.54. The summed E-state index contributed by atoms with van der Waals surface area (Å²) < 4.78 is 135. The summed E-state index contributed by atoms with van der Waals surface area (Å²) in [7, 11) is -13.5. The highest BCUT2D eigenvalue weighted by Gasteiger charge is 2.64. The number of alkyl halides is 6. The van der Waals surface area contributed by atoms with Crippen molar-refractivity contribution in [1.82, 2.24) is 8.61 Å². The molecular formula is C14H14F6N2O8S2. The first-order chi connectivity index (χ1) is 14.2. The fourth-order valence-electron chi connectivity index (χ4n) is 2.82. The molecule has 2 amide bonds. The van der Waals surface area contributed by atoms with E-state index in [-0.39, 0.29) is 0 Å². The molecule has 2 aliphatic rings. The molecule has 10 nitrogen and oxygen atoms in total. The SMILES string of the molecule is CC1(N(C(=O)C(=O)N(C2(C)CC=CO2)S(=O)(=O)C(F)(F)F)S(=O)(=O)C(F)(F)F)CC=CO1. The van der Waals surface area contributed by atoms with E-state index in [0.717, 1.165) is 12.2 Å². The molecule has 0 saturated heterocycles. The molecule has 2 unspecified atom stereocenters. The Morgan fingerprint density at radius 2 is 1.03 bits per heavy atom. The largest absolute Gasteiger partial charge is 0.516 e. The lowest BCUT2D eigenvalue weighted by Crippen LogP contribution is -2.64. The van der Waals surface area contributed by atoms with Gasteiger partial charge >= 0.3 is 42.9 Å². The second-order valence-electron chi connectivity index (χ2n) is 6.78. The summed E-state index contributed by atoms with van der Waals surface area (Å²) in [4.78, 5) is 25.4. The van der Waals surface area contributed by atoms with Crippen LogP contribution >= 0.6 is 0 Å². The van der Waals surface area contributed by atoms with Gasteiger partial charge in [-0.15, -0.1) is 0 Å². The number of sulfonamides is 2. The van der Waals surface area contributed by atoms with Gasteiger partial charge in [0.15, 0.2) is 11.4 Å². The van der Waals surface area contributed by atoms with Crippen molar-refractivity contribution in [3.63, 3.8) is 0 Å². The number of hydrogen-bond acceptors (Lipinski definition) is 8. The molecule has 0 aromatic rings. The van der Waals surface area contributed by atoms with Crippen molar-refractivity contribution in [2.24, 2.45) is 0 Å². The van der Waals surface area contributed by atoms with Gasteiger partial charge in [-0.25, -0.2) is 0 Å². The number of nitrogens with zero attached hydrogens (tertiary/aromatic N) is 2. The Bertz CT molecular complexity index is 975. The standard InChI is InChI=1S/C14H14F6N2O8S2/c1-11(5-3-7-29-11)21(31(25,26)13(15,16)17)9(23)10(24)22(12(2)6-4-8-30-12)32(27,28)14(18,19)20/h3-4,7-8H,5-6H2,1-2H3. The molecule has 2 rings (SSSR count). The monoisotopic (exact) mass is 516 g/mol. The molecule has 0 fully saturated rings. The smallest absolute Gasteiger partial charge is 0.475 e. The maximum absolute atomic E-state index is 13.2. The minimum atomic E-state index is -6.74. The van der Waals surface area contributed by atoms with Gasteiger partial charge in [-0.1, -0.05) is 0 Å². The van der Waals surface area contributed by atoms with E-state index in [1.807, 2.05) is 0 Å². The van der Waals surface area contributed by atoms with Gasteiger partial charge < -0.3 is 9.47 Å². The van der Waals surface area contributed by atoms with Crippen molar-refractivity contribution in [2.75, 3.05) is 0 Å². The number of halogens is 6. The van der Waals surface area contributed by atoms with Gasteiger partial charge in [0.05, 0.1) is 12.5 Å². The van der Waals surface area contributed by atoms with E-state index in [1.54, 1.807) is 0 Å². The predicted octanol–water partition coefficient (Wildman–Crippen LogP) is 1.64. The van der Waals surface area contributed by atoms with Crippen molar-refractivity contribution >= 4 is 31.9 Å². The van der Waals surface area contributed by atoms with E-state index in [1.165, 1.54) is 0 Å². The Morgan fingerprint density at radius 1 is 0.750 bits per heavy atom. The van der Waals surface area contributed by atoms with Crippen LogP contribution in [0.15, 0.2) is 24.7 Å². The Balaban J connectivity index is 2.69. The average Bonchev–Trinajstić information content (AvgIpc) is 3.22. The summed E-state index contributed by atoms with van der Waals surface area (Å²) in [5.74, 6) is -5.53. The van der Waals surface area contributed by atoms with Crippen LogP contribution in [0, 0.1) is 0 Å². The van der Waals surface area contributed by atoms with Crippen molar-refractivity contribution in [3.05, 3.63) is 24.7 Å². The number of carbonyl (C=O) groups excluding carboxylic acids is 2. The zero-order valence-corrected chi connectivity index (χ0v) is 17.6. The summed E-state index contributed by atoms with van der Waals surface area (Å²) in [6.45, 7) is 1.25. The molecule has 2 atom stereocenters. The third kappa shape index (κ3) is 4.00. The number of carbonyl (C=O) groups is 2. The van der Waals surface area contributed by atoms with Gasteiger partial charge in [0, 0.05) is 12.8 Å². The van der Waals surface area contributed by atoms with E-state index >= 15 is 0 Å². The van der Waals surface area contributed by atoms with E-state index in [0.29, 0.717) is 26.4 Å². The van der Waals surface area contributed by atoms with Crippen LogP contribution in [-0.2, 0) is 39.1 Å². The molecule has 0 aliphatic carbocycles. The van der Waals surface area contributed by atoms with Gasteiger partial charge in [-0.3, -0.25) is 9.59 Å². The molecule has 0 radical (unpaired) electrons. The van der Waals surface area contributed by atoms with Crippen LogP contribution in [0.2, 0.25) is 0 Å². The predicted molar refractivity (Wildman–Crippen MR) is 90.1 cm³/mol. The topological polar surface area (TPSA) is 127 Å². The first-order valence-corrected chi connectivity index (χ1v) is 11.1. The summed E-state index contributed by atoms with van der Waals surface area (Å²) in [6, 6.07) is 0. The van der Waals surface area contributed by atoms with Crippen molar-refractivity contribution in [3.8, 4) is 0 Å². The van der Waals surface area contributed by atoms with E-state index in [2.05, 4.69) is 0 Å². The molecule has 0 aromatic carbocycles. The van der Waals surface area contributed by atoms with Crippen molar-refractivity contribution in [1.29, 1.82) is 0 Å². The summed E-state index contributed by atoms with van der Waals surface area (Å²) in [5, 5.41) is 0. The molecule has 182 valence electrons. The summed E-state index contributed by atoms with van der Waals surface area (Å²) in [6.07, 6.45) is 1.84. The van der Waals surface area contributed by atoms with Crippen LogP contribution in [0.4, 0.5) is 26.3 Å². The van der Waals surface area contributed by atoms with Crippen LogP contribution in [-0.4, -0.2) is 59.7 Å². The molecule has 18 heteroatoms. The second-order valence-corrected chi connectivity index (χ2v) is 10.3. The fourth-order valence-corrected chi connectivity index (χ4v) is 5.08.